The summed E-state index contributed by atoms with van der Waals surface area (Å²) in [5.41, 5.74) is 5.42. The van der Waals surface area contributed by atoms with E-state index in [1.54, 1.807) is 0 Å². The van der Waals surface area contributed by atoms with Crippen LogP contribution >= 0.6 is 0 Å². The van der Waals surface area contributed by atoms with E-state index in [2.05, 4.69) is 0 Å². The Morgan fingerprint density at radius 1 is 1.17 bits per heavy atom. The van der Waals surface area contributed by atoms with Crippen LogP contribution in [0, 0.1) is 0 Å². The summed E-state index contributed by atoms with van der Waals surface area (Å²) in [4.78, 5) is 34.9. The topological polar surface area (TPSA) is 191 Å². The van der Waals surface area contributed by atoms with Crippen molar-refractivity contribution in [2.75, 3.05) is 6.61 Å². The molecular formula is C12H20N2O9. The number of nitrogens with two attached hydrogens (primary N) is 1. The summed E-state index contributed by atoms with van der Waals surface area (Å²) in [6, 6.07) is -1.58. The molecule has 11 nitrogen and oxygen atoms in total. The maximum Gasteiger partial charge on any atom is 0.305 e. The molecule has 7 N–H and O–H groups in total. The van der Waals surface area contributed by atoms with Crippen LogP contribution < -0.4 is 5.73 Å². The lowest BCUT2D eigenvalue weighted by Crippen LogP contribution is -2.66. The Morgan fingerprint density at radius 3 is 2.17 bits per heavy atom. The number of nitrogens with zero attached hydrogens (tertiary/aromatic N) is 1. The molecule has 2 amide bonds. The van der Waals surface area contributed by atoms with Gasteiger partial charge in [0.25, 0.3) is 0 Å². The Hall–Kier alpha value is -1.63. The molecule has 0 aromatic heterocycles. The number of carboxylic acid groups (broad SMARTS) is 1. The second-order valence-corrected chi connectivity index (χ2v) is 5.15. The summed E-state index contributed by atoms with van der Waals surface area (Å²) in [5.74, 6) is -3.42. The number of aliphatic hydroxyl groups is 4. The highest BCUT2D eigenvalue weighted by Gasteiger charge is 2.48. The molecule has 1 fully saturated rings. The molecule has 0 saturated carbocycles. The molecule has 1 unspecified atom stereocenters. The fraction of sp³-hybridized carbons (Fsp3) is 0.750. The first-order chi connectivity index (χ1) is 10.6. The van der Waals surface area contributed by atoms with E-state index in [0.717, 1.165) is 6.92 Å². The Bertz CT molecular complexity index is 469. The van der Waals surface area contributed by atoms with Crippen LogP contribution in [0.25, 0.3) is 0 Å². The van der Waals surface area contributed by atoms with Crippen molar-refractivity contribution >= 4 is 17.8 Å². The minimum atomic E-state index is -1.86. The van der Waals surface area contributed by atoms with Gasteiger partial charge in [-0.05, 0) is 0 Å². The first-order valence-electron chi connectivity index (χ1n) is 6.73. The highest BCUT2D eigenvalue weighted by Crippen LogP contribution is 2.24. The molecule has 132 valence electrons. The minimum Gasteiger partial charge on any atom is -0.481 e. The van der Waals surface area contributed by atoms with Gasteiger partial charge in [0.15, 0.2) is 6.23 Å². The lowest BCUT2D eigenvalue weighted by atomic mass is 9.97. The number of amides is 2. The van der Waals surface area contributed by atoms with Crippen molar-refractivity contribution in [2.24, 2.45) is 5.73 Å². The summed E-state index contributed by atoms with van der Waals surface area (Å²) in [6.07, 6.45) is -9.14. The average Bonchev–Trinajstić information content (AvgIpc) is 2.46. The number of rotatable bonds is 5. The predicted octanol–water partition coefficient (Wildman–Crippen LogP) is -4.04. The molecule has 23 heavy (non-hydrogen) atoms. The molecule has 0 aromatic rings. The fourth-order valence-electron chi connectivity index (χ4n) is 2.21. The van der Waals surface area contributed by atoms with Crippen molar-refractivity contribution in [3.05, 3.63) is 0 Å². The number of carbonyl (C=O) groups is 3. The lowest BCUT2D eigenvalue weighted by Gasteiger charge is -2.43. The number of carbonyl (C=O) groups excluding carboxylic acids is 2. The number of hydrogen-bond donors (Lipinski definition) is 6. The highest BCUT2D eigenvalue weighted by molar-refractivity contribution is 5.98. The van der Waals surface area contributed by atoms with Crippen molar-refractivity contribution in [3.8, 4) is 0 Å². The number of carboxylic acids is 1. The number of hydrogen-bond acceptors (Lipinski definition) is 9. The van der Waals surface area contributed by atoms with E-state index in [4.69, 9.17) is 20.7 Å². The van der Waals surface area contributed by atoms with Crippen LogP contribution in [0.15, 0.2) is 0 Å². The molecule has 0 radical (unpaired) electrons. The zero-order valence-corrected chi connectivity index (χ0v) is 12.3. The van der Waals surface area contributed by atoms with Gasteiger partial charge in [-0.1, -0.05) is 0 Å². The third-order valence-corrected chi connectivity index (χ3v) is 3.41. The van der Waals surface area contributed by atoms with Crippen LogP contribution in [0.5, 0.6) is 0 Å². The molecule has 1 saturated heterocycles. The van der Waals surface area contributed by atoms with Crippen molar-refractivity contribution in [2.45, 2.75) is 50.0 Å². The summed E-state index contributed by atoms with van der Waals surface area (Å²) in [6.45, 7) is 0.204. The van der Waals surface area contributed by atoms with E-state index in [1.807, 2.05) is 0 Å². The van der Waals surface area contributed by atoms with Crippen molar-refractivity contribution in [3.63, 3.8) is 0 Å². The van der Waals surface area contributed by atoms with Crippen molar-refractivity contribution in [1.82, 2.24) is 4.90 Å². The van der Waals surface area contributed by atoms with Gasteiger partial charge in [0.2, 0.25) is 11.8 Å². The molecule has 0 spiro atoms. The largest absolute Gasteiger partial charge is 0.481 e. The molecule has 1 heterocycles. The quantitative estimate of drug-likeness (QED) is 0.288. The van der Waals surface area contributed by atoms with E-state index in [1.165, 1.54) is 0 Å². The monoisotopic (exact) mass is 336 g/mol. The van der Waals surface area contributed by atoms with Crippen LogP contribution in [-0.2, 0) is 19.1 Å². The Balaban J connectivity index is 3.06. The van der Waals surface area contributed by atoms with Gasteiger partial charge < -0.3 is 36.0 Å². The Morgan fingerprint density at radius 2 is 1.74 bits per heavy atom. The highest BCUT2D eigenvalue weighted by atomic mass is 16.6. The molecule has 1 aliphatic rings. The molecule has 0 aromatic carbocycles. The second-order valence-electron chi connectivity index (χ2n) is 5.15. The predicted molar refractivity (Wildman–Crippen MR) is 71.5 cm³/mol. The van der Waals surface area contributed by atoms with Gasteiger partial charge in [-0.2, -0.15) is 0 Å². The molecule has 1 aliphatic heterocycles. The van der Waals surface area contributed by atoms with Gasteiger partial charge in [-0.25, -0.2) is 0 Å². The number of aliphatic hydroxyl groups excluding tert-OH is 4. The molecular weight excluding hydrogens is 316 g/mol. The summed E-state index contributed by atoms with van der Waals surface area (Å²) in [7, 11) is 0. The van der Waals surface area contributed by atoms with E-state index < -0.39 is 67.5 Å². The third kappa shape index (κ3) is 4.22. The zero-order chi connectivity index (χ0) is 17.9. The van der Waals surface area contributed by atoms with E-state index in [9.17, 15) is 29.7 Å². The molecule has 11 heteroatoms. The molecule has 0 aliphatic carbocycles. The molecule has 1 rings (SSSR count). The minimum absolute atomic E-state index is 0.371. The number of aliphatic carboxylic acids is 1. The lowest BCUT2D eigenvalue weighted by molar-refractivity contribution is -0.259. The summed E-state index contributed by atoms with van der Waals surface area (Å²) < 4.78 is 5.10. The van der Waals surface area contributed by atoms with Gasteiger partial charge >= 0.3 is 5.97 Å². The number of imide groups is 1. The first kappa shape index (κ1) is 19.4. The van der Waals surface area contributed by atoms with Crippen LogP contribution in [0.1, 0.15) is 13.3 Å². The maximum absolute atomic E-state index is 12.2. The first-order valence-corrected chi connectivity index (χ1v) is 6.73. The number of ether oxygens (including phenoxy) is 1. The van der Waals surface area contributed by atoms with Crippen LogP contribution in [0.3, 0.4) is 0 Å². The second kappa shape index (κ2) is 7.77. The van der Waals surface area contributed by atoms with Crippen LogP contribution in [0.4, 0.5) is 0 Å². The van der Waals surface area contributed by atoms with Gasteiger partial charge in [0, 0.05) is 6.92 Å². The van der Waals surface area contributed by atoms with Gasteiger partial charge in [-0.15, -0.1) is 0 Å². The van der Waals surface area contributed by atoms with Gasteiger partial charge in [0.05, 0.1) is 19.1 Å². The molecule has 6 atom stereocenters. The molecule has 0 bridgehead atoms. The normalized spacial score (nSPS) is 32.2. The van der Waals surface area contributed by atoms with E-state index >= 15 is 0 Å². The SMILES string of the molecule is CC(=O)N(C(=O)[C@@H](N)CC(=O)O)C1O[C@H](CO)[C@@H](O)[C@H](O)[C@H]1O. The summed E-state index contributed by atoms with van der Waals surface area (Å²) in [5, 5.41) is 47.1. The third-order valence-electron chi connectivity index (χ3n) is 3.41. The average molecular weight is 336 g/mol. The van der Waals surface area contributed by atoms with Crippen LogP contribution in [0.2, 0.25) is 0 Å². The van der Waals surface area contributed by atoms with Gasteiger partial charge in [-0.3, -0.25) is 19.3 Å². The van der Waals surface area contributed by atoms with Crippen molar-refractivity contribution < 1.29 is 44.7 Å². The smallest absolute Gasteiger partial charge is 0.305 e. The zero-order valence-electron chi connectivity index (χ0n) is 12.3. The van der Waals surface area contributed by atoms with Crippen molar-refractivity contribution in [1.29, 1.82) is 0 Å². The summed E-state index contributed by atoms with van der Waals surface area (Å²) >= 11 is 0. The Labute approximate surface area is 130 Å². The van der Waals surface area contributed by atoms with Gasteiger partial charge in [0.1, 0.15) is 24.4 Å². The van der Waals surface area contributed by atoms with E-state index in [0.29, 0.717) is 4.90 Å². The standard InChI is InChI=1S/C12H20N2O9/c1-4(16)14(11(22)5(13)2-7(17)18)12-10(21)9(20)8(19)6(3-15)23-12/h5-6,8-10,12,15,19-21H,2-3,13H2,1H3,(H,17,18)/t5-,6+,8+,9-,10+,12?/m0/s1. The van der Waals surface area contributed by atoms with E-state index in [-0.39, 0.29) is 0 Å². The van der Waals surface area contributed by atoms with Crippen LogP contribution in [-0.4, -0.2) is 91.5 Å². The maximum atomic E-state index is 12.2. The Kier molecular flexibility index (Phi) is 6.56. The fourth-order valence-corrected chi connectivity index (χ4v) is 2.21.